The molecule has 0 radical (unpaired) electrons. The van der Waals surface area contributed by atoms with Crippen molar-refractivity contribution in [3.8, 4) is 0 Å². The van der Waals surface area contributed by atoms with Crippen molar-refractivity contribution in [3.05, 3.63) is 21.9 Å². The second-order valence-corrected chi connectivity index (χ2v) is 7.75. The molecule has 4 nitrogen and oxygen atoms in total. The maximum absolute atomic E-state index is 10.2. The molecule has 0 unspecified atom stereocenters. The Kier molecular flexibility index (Phi) is 7.31. The fraction of sp³-hybridized carbons (Fsp3) is 0.765. The normalized spacial score (nSPS) is 20.2. The average molecular weight is 327 g/mol. The summed E-state index contributed by atoms with van der Waals surface area (Å²) in [7, 11) is 0. The molecule has 1 N–H and O–H groups in total. The van der Waals surface area contributed by atoms with E-state index in [-0.39, 0.29) is 6.10 Å². The van der Waals surface area contributed by atoms with E-state index in [0.29, 0.717) is 19.3 Å². The molecular formula is C17H29NO3S. The number of thiophene rings is 1. The maximum Gasteiger partial charge on any atom is 0.0900 e. The van der Waals surface area contributed by atoms with Crippen molar-refractivity contribution < 1.29 is 14.6 Å². The molecule has 22 heavy (non-hydrogen) atoms. The standard InChI is InChI=1S/C17H29NO3S/c1-13(2)21-12-15(19)9-18(10-16-5-4-8-20-16)11-17-7-6-14(3)22-17/h6-7,13,15-16,19H,4-5,8-12H2,1-3H3/t15-,16-/m1/s1. The number of rotatable bonds is 9. The number of hydrogen-bond acceptors (Lipinski definition) is 5. The lowest BCUT2D eigenvalue weighted by Gasteiger charge is -2.27. The van der Waals surface area contributed by atoms with Gasteiger partial charge in [-0.2, -0.15) is 0 Å². The number of aliphatic hydroxyl groups is 1. The van der Waals surface area contributed by atoms with E-state index in [2.05, 4.69) is 24.0 Å². The summed E-state index contributed by atoms with van der Waals surface area (Å²) >= 11 is 1.82. The van der Waals surface area contributed by atoms with Crippen LogP contribution < -0.4 is 0 Å². The molecule has 1 aliphatic rings. The minimum Gasteiger partial charge on any atom is -0.389 e. The Hall–Kier alpha value is -0.460. The minimum absolute atomic E-state index is 0.154. The summed E-state index contributed by atoms with van der Waals surface area (Å²) in [6.45, 7) is 9.76. The molecule has 5 heteroatoms. The summed E-state index contributed by atoms with van der Waals surface area (Å²) in [5.74, 6) is 0. The van der Waals surface area contributed by atoms with Gasteiger partial charge in [0, 0.05) is 36.0 Å². The summed E-state index contributed by atoms with van der Waals surface area (Å²) in [5.41, 5.74) is 0. The van der Waals surface area contributed by atoms with Gasteiger partial charge < -0.3 is 14.6 Å². The van der Waals surface area contributed by atoms with Gasteiger partial charge in [-0.25, -0.2) is 0 Å². The molecule has 2 heterocycles. The number of aryl methyl sites for hydroxylation is 1. The number of aliphatic hydroxyl groups excluding tert-OH is 1. The van der Waals surface area contributed by atoms with Crippen LogP contribution in [0, 0.1) is 6.92 Å². The van der Waals surface area contributed by atoms with Crippen LogP contribution in [-0.2, 0) is 16.0 Å². The summed E-state index contributed by atoms with van der Waals surface area (Å²) in [5, 5.41) is 10.2. The van der Waals surface area contributed by atoms with E-state index in [1.807, 2.05) is 25.2 Å². The van der Waals surface area contributed by atoms with E-state index in [1.165, 1.54) is 9.75 Å². The van der Waals surface area contributed by atoms with Gasteiger partial charge >= 0.3 is 0 Å². The number of hydrogen-bond donors (Lipinski definition) is 1. The lowest BCUT2D eigenvalue weighted by Crippen LogP contribution is -2.39. The van der Waals surface area contributed by atoms with Crippen molar-refractivity contribution in [2.75, 3.05) is 26.3 Å². The first kappa shape index (κ1) is 17.9. The second-order valence-electron chi connectivity index (χ2n) is 6.38. The number of ether oxygens (including phenoxy) is 2. The summed E-state index contributed by atoms with van der Waals surface area (Å²) in [6, 6.07) is 4.34. The molecule has 0 bridgehead atoms. The molecule has 0 amide bonds. The molecule has 0 spiro atoms. The highest BCUT2D eigenvalue weighted by Gasteiger charge is 2.21. The molecule has 0 aliphatic carbocycles. The molecule has 126 valence electrons. The first-order chi connectivity index (χ1) is 10.5. The molecule has 0 saturated carbocycles. The summed E-state index contributed by atoms with van der Waals surface area (Å²) in [4.78, 5) is 4.97. The molecule has 1 aromatic heterocycles. The van der Waals surface area contributed by atoms with Crippen LogP contribution in [0.25, 0.3) is 0 Å². The van der Waals surface area contributed by atoms with Crippen molar-refractivity contribution >= 4 is 11.3 Å². The van der Waals surface area contributed by atoms with E-state index in [9.17, 15) is 5.11 Å². The van der Waals surface area contributed by atoms with Crippen LogP contribution in [0.15, 0.2) is 12.1 Å². The third-order valence-corrected chi connectivity index (χ3v) is 4.74. The summed E-state index contributed by atoms with van der Waals surface area (Å²) < 4.78 is 11.3. The molecular weight excluding hydrogens is 298 g/mol. The average Bonchev–Trinajstić information content (AvgIpc) is 3.08. The van der Waals surface area contributed by atoms with Gasteiger partial charge in [-0.1, -0.05) is 0 Å². The molecule has 1 saturated heterocycles. The number of nitrogens with zero attached hydrogens (tertiary/aromatic N) is 1. The van der Waals surface area contributed by atoms with Gasteiger partial charge in [0.15, 0.2) is 0 Å². The van der Waals surface area contributed by atoms with Crippen molar-refractivity contribution in [1.82, 2.24) is 4.90 Å². The second kappa shape index (κ2) is 8.99. The molecule has 2 rings (SSSR count). The Labute approximate surface area is 138 Å². The molecule has 2 atom stereocenters. The van der Waals surface area contributed by atoms with Crippen LogP contribution in [0.2, 0.25) is 0 Å². The maximum atomic E-state index is 10.2. The quantitative estimate of drug-likeness (QED) is 0.757. The Morgan fingerprint density at radius 1 is 1.45 bits per heavy atom. The first-order valence-corrected chi connectivity index (χ1v) is 9.03. The van der Waals surface area contributed by atoms with E-state index in [0.717, 1.165) is 32.5 Å². The van der Waals surface area contributed by atoms with Gasteiger partial charge in [0.1, 0.15) is 0 Å². The fourth-order valence-corrected chi connectivity index (χ4v) is 3.66. The smallest absolute Gasteiger partial charge is 0.0900 e. The largest absolute Gasteiger partial charge is 0.389 e. The highest BCUT2D eigenvalue weighted by Crippen LogP contribution is 2.20. The van der Waals surface area contributed by atoms with Crippen LogP contribution in [0.1, 0.15) is 36.4 Å². The van der Waals surface area contributed by atoms with Gasteiger partial charge in [0.2, 0.25) is 0 Å². The van der Waals surface area contributed by atoms with Gasteiger partial charge in [-0.05, 0) is 45.7 Å². The van der Waals surface area contributed by atoms with Crippen LogP contribution in [-0.4, -0.2) is 54.6 Å². The third kappa shape index (κ3) is 6.34. The zero-order valence-corrected chi connectivity index (χ0v) is 14.8. The van der Waals surface area contributed by atoms with E-state index < -0.39 is 6.10 Å². The lowest BCUT2D eigenvalue weighted by atomic mass is 10.2. The third-order valence-electron chi connectivity index (χ3n) is 3.75. The zero-order chi connectivity index (χ0) is 15.9. The highest BCUT2D eigenvalue weighted by atomic mass is 32.1. The molecule has 1 aliphatic heterocycles. The van der Waals surface area contributed by atoms with Crippen molar-refractivity contribution in [2.45, 2.75) is 58.5 Å². The van der Waals surface area contributed by atoms with Crippen LogP contribution >= 0.6 is 11.3 Å². The van der Waals surface area contributed by atoms with Crippen molar-refractivity contribution in [2.24, 2.45) is 0 Å². The Morgan fingerprint density at radius 2 is 2.27 bits per heavy atom. The predicted molar refractivity (Wildman–Crippen MR) is 90.4 cm³/mol. The molecule has 1 aromatic rings. The fourth-order valence-electron chi connectivity index (χ4n) is 2.72. The van der Waals surface area contributed by atoms with E-state index >= 15 is 0 Å². The predicted octanol–water partition coefficient (Wildman–Crippen LogP) is 2.82. The lowest BCUT2D eigenvalue weighted by molar-refractivity contribution is -0.0170. The first-order valence-electron chi connectivity index (χ1n) is 8.22. The van der Waals surface area contributed by atoms with Gasteiger partial charge in [0.05, 0.1) is 24.9 Å². The molecule has 0 aromatic carbocycles. The minimum atomic E-state index is -0.454. The topological polar surface area (TPSA) is 41.9 Å². The van der Waals surface area contributed by atoms with Crippen molar-refractivity contribution in [1.29, 1.82) is 0 Å². The van der Waals surface area contributed by atoms with Gasteiger partial charge in [0.25, 0.3) is 0 Å². The van der Waals surface area contributed by atoms with Crippen LogP contribution in [0.4, 0.5) is 0 Å². The molecule has 1 fully saturated rings. The van der Waals surface area contributed by atoms with E-state index in [4.69, 9.17) is 9.47 Å². The van der Waals surface area contributed by atoms with Crippen LogP contribution in [0.5, 0.6) is 0 Å². The Bertz CT molecular complexity index is 429. The highest BCUT2D eigenvalue weighted by molar-refractivity contribution is 7.11. The SMILES string of the molecule is Cc1ccc(CN(C[C@@H](O)COC(C)C)C[C@H]2CCCO2)s1. The Balaban J connectivity index is 1.88. The van der Waals surface area contributed by atoms with Crippen LogP contribution in [0.3, 0.4) is 0 Å². The summed E-state index contributed by atoms with van der Waals surface area (Å²) in [6.07, 6.45) is 2.28. The van der Waals surface area contributed by atoms with Gasteiger partial charge in [-0.3, -0.25) is 4.90 Å². The zero-order valence-electron chi connectivity index (χ0n) is 14.0. The van der Waals surface area contributed by atoms with E-state index in [1.54, 1.807) is 0 Å². The van der Waals surface area contributed by atoms with Gasteiger partial charge in [-0.15, -0.1) is 11.3 Å². The Morgan fingerprint density at radius 3 is 2.86 bits per heavy atom. The monoisotopic (exact) mass is 327 g/mol. The van der Waals surface area contributed by atoms with Crippen molar-refractivity contribution in [3.63, 3.8) is 0 Å².